The van der Waals surface area contributed by atoms with Crippen molar-refractivity contribution in [2.45, 2.75) is 76.5 Å². The smallest absolute Gasteiger partial charge is 0.268 e. The minimum atomic E-state index is -4.48. The highest BCUT2D eigenvalue weighted by molar-refractivity contribution is 7.90. The van der Waals surface area contributed by atoms with Crippen LogP contribution in [0, 0.1) is 5.92 Å². The number of nitrogens with one attached hydrogen (secondary N) is 2. The average Bonchev–Trinajstić information content (AvgIpc) is 3.25. The van der Waals surface area contributed by atoms with Crippen molar-refractivity contribution >= 4 is 27.0 Å². The van der Waals surface area contributed by atoms with Crippen LogP contribution in [0.15, 0.2) is 59.0 Å². The molecule has 0 saturated heterocycles. The molecule has 4 N–H and O–H groups in total. The number of H-pyrrole nitrogens is 1. The summed E-state index contributed by atoms with van der Waals surface area (Å²) in [6, 6.07) is 8.70. The molecule has 208 valence electrons. The Balaban J connectivity index is 1.74. The lowest BCUT2D eigenvalue weighted by Crippen LogP contribution is -2.33. The standard InChI is InChI=1S/C30H37N3O5S/c1-5-6-7-10-20-16-25(34)28(22-15-19(4)13-14-21(22)18(2)3)29(36)30(20)39(37,38)33-27(35)17-26-31-23-11-8-9-12-24(23)32-26/h8-9,11-12,15-16,21-22,34,36H,2,5-7,10,13-14,17H2,1,3-4H3,(H,31,32)(H,33,35). The molecular formula is C30H37N3O5S. The zero-order valence-electron chi connectivity index (χ0n) is 22.8. The molecule has 9 heteroatoms. The first-order chi connectivity index (χ1) is 18.5. The molecule has 1 aliphatic rings. The van der Waals surface area contributed by atoms with Crippen molar-refractivity contribution in [3.05, 3.63) is 71.1 Å². The number of rotatable bonds is 10. The first-order valence-electron chi connectivity index (χ1n) is 13.4. The number of imidazole rings is 1. The summed E-state index contributed by atoms with van der Waals surface area (Å²) >= 11 is 0. The quantitative estimate of drug-likeness (QED) is 0.187. The maximum Gasteiger partial charge on any atom is 0.268 e. The van der Waals surface area contributed by atoms with E-state index in [0.29, 0.717) is 24.2 Å². The maximum atomic E-state index is 13.7. The number of aryl methyl sites for hydroxylation is 1. The van der Waals surface area contributed by atoms with E-state index in [0.717, 1.165) is 42.3 Å². The van der Waals surface area contributed by atoms with E-state index in [1.54, 1.807) is 6.07 Å². The average molecular weight is 552 g/mol. The van der Waals surface area contributed by atoms with Gasteiger partial charge in [-0.05, 0) is 69.2 Å². The largest absolute Gasteiger partial charge is 0.507 e. The van der Waals surface area contributed by atoms with Crippen LogP contribution in [-0.4, -0.2) is 34.5 Å². The summed E-state index contributed by atoms with van der Waals surface area (Å²) in [7, 11) is -4.48. The number of para-hydroxylation sites is 2. The summed E-state index contributed by atoms with van der Waals surface area (Å²) in [4.78, 5) is 19.9. The summed E-state index contributed by atoms with van der Waals surface area (Å²) in [6.07, 6.45) is 6.07. The minimum Gasteiger partial charge on any atom is -0.507 e. The second kappa shape index (κ2) is 11.7. The Bertz CT molecular complexity index is 1500. The molecule has 1 amide bonds. The summed E-state index contributed by atoms with van der Waals surface area (Å²) in [5, 5.41) is 22.6. The molecule has 2 aromatic carbocycles. The molecule has 2 atom stereocenters. The molecule has 8 nitrogen and oxygen atoms in total. The van der Waals surface area contributed by atoms with E-state index in [2.05, 4.69) is 21.3 Å². The van der Waals surface area contributed by atoms with Crippen LogP contribution in [0.25, 0.3) is 11.0 Å². The van der Waals surface area contributed by atoms with Crippen molar-refractivity contribution in [1.29, 1.82) is 0 Å². The SMILES string of the molecule is C=C(C)C1CCC(C)=CC1c1c(O)cc(CCCCC)c(S(=O)(=O)NC(=O)Cc2nc3ccccc3[nH]2)c1O. The van der Waals surface area contributed by atoms with Crippen LogP contribution in [0.1, 0.15) is 75.7 Å². The van der Waals surface area contributed by atoms with Crippen molar-refractivity contribution in [3.63, 3.8) is 0 Å². The number of fused-ring (bicyclic) bond motifs is 1. The van der Waals surface area contributed by atoms with Crippen molar-refractivity contribution in [2.24, 2.45) is 5.92 Å². The van der Waals surface area contributed by atoms with E-state index in [4.69, 9.17) is 0 Å². The Morgan fingerprint density at radius 1 is 1.23 bits per heavy atom. The van der Waals surface area contributed by atoms with Gasteiger partial charge >= 0.3 is 0 Å². The van der Waals surface area contributed by atoms with Crippen LogP contribution in [-0.2, 0) is 27.7 Å². The van der Waals surface area contributed by atoms with Crippen LogP contribution in [0.3, 0.4) is 0 Å². The van der Waals surface area contributed by atoms with Gasteiger partial charge in [0, 0.05) is 11.5 Å². The number of hydrogen-bond acceptors (Lipinski definition) is 6. The number of phenols is 2. The van der Waals surface area contributed by atoms with Crippen molar-refractivity contribution < 1.29 is 23.4 Å². The first kappa shape index (κ1) is 28.4. The Hall–Kier alpha value is -3.59. The number of benzene rings is 2. The molecule has 39 heavy (non-hydrogen) atoms. The van der Waals surface area contributed by atoms with E-state index < -0.39 is 27.6 Å². The van der Waals surface area contributed by atoms with Gasteiger partial charge in [-0.25, -0.2) is 18.1 Å². The minimum absolute atomic E-state index is 0.0744. The zero-order valence-corrected chi connectivity index (χ0v) is 23.6. The monoisotopic (exact) mass is 551 g/mol. The number of hydrogen-bond donors (Lipinski definition) is 4. The van der Waals surface area contributed by atoms with E-state index in [1.807, 2.05) is 45.0 Å². The summed E-state index contributed by atoms with van der Waals surface area (Å²) in [6.45, 7) is 10.0. The number of aromatic nitrogens is 2. The Morgan fingerprint density at radius 3 is 2.67 bits per heavy atom. The number of unbranched alkanes of at least 4 members (excludes halogenated alkanes) is 2. The predicted octanol–water partition coefficient (Wildman–Crippen LogP) is 5.77. The predicted molar refractivity (Wildman–Crippen MR) is 152 cm³/mol. The van der Waals surface area contributed by atoms with Crippen LogP contribution in [0.2, 0.25) is 0 Å². The molecule has 1 heterocycles. The molecule has 0 aliphatic heterocycles. The Labute approximate surface area is 229 Å². The molecule has 1 aromatic heterocycles. The van der Waals surface area contributed by atoms with Gasteiger partial charge in [0.25, 0.3) is 10.0 Å². The number of aromatic hydroxyl groups is 2. The number of carbonyl (C=O) groups excluding carboxylic acids is 1. The van der Waals surface area contributed by atoms with Gasteiger partial charge in [0.15, 0.2) is 0 Å². The fourth-order valence-corrected chi connectivity index (χ4v) is 6.81. The number of allylic oxidation sites excluding steroid dienone is 3. The van der Waals surface area contributed by atoms with Crippen LogP contribution >= 0.6 is 0 Å². The summed E-state index contributed by atoms with van der Waals surface area (Å²) in [5.41, 5.74) is 3.81. The van der Waals surface area contributed by atoms with Crippen molar-refractivity contribution in [2.75, 3.05) is 0 Å². The second-order valence-electron chi connectivity index (χ2n) is 10.5. The van der Waals surface area contributed by atoms with Crippen molar-refractivity contribution in [1.82, 2.24) is 14.7 Å². The number of sulfonamides is 1. The molecule has 2 unspecified atom stereocenters. The molecule has 0 saturated carbocycles. The third-order valence-corrected chi connectivity index (χ3v) is 8.88. The van der Waals surface area contributed by atoms with E-state index >= 15 is 0 Å². The highest BCUT2D eigenvalue weighted by Crippen LogP contribution is 2.49. The van der Waals surface area contributed by atoms with E-state index in [1.165, 1.54) is 6.07 Å². The second-order valence-corrected chi connectivity index (χ2v) is 12.2. The highest BCUT2D eigenvalue weighted by atomic mass is 32.2. The van der Waals surface area contributed by atoms with Gasteiger partial charge < -0.3 is 15.2 Å². The number of phenolic OH excluding ortho intramolecular Hbond substituents is 2. The molecule has 0 fully saturated rings. The lowest BCUT2D eigenvalue weighted by molar-refractivity contribution is -0.118. The number of aromatic amines is 1. The number of carbonyl (C=O) groups is 1. The van der Waals surface area contributed by atoms with Crippen molar-refractivity contribution in [3.8, 4) is 11.5 Å². The summed E-state index contributed by atoms with van der Waals surface area (Å²) < 4.78 is 29.5. The van der Waals surface area contributed by atoms with Gasteiger partial charge in [-0.2, -0.15) is 0 Å². The highest BCUT2D eigenvalue weighted by Gasteiger charge is 2.35. The van der Waals surface area contributed by atoms with Gasteiger partial charge in [-0.15, -0.1) is 0 Å². The Kier molecular flexibility index (Phi) is 8.49. The zero-order chi connectivity index (χ0) is 28.3. The van der Waals surface area contributed by atoms with E-state index in [9.17, 15) is 23.4 Å². The summed E-state index contributed by atoms with van der Waals surface area (Å²) in [5.74, 6) is -1.65. The van der Waals surface area contributed by atoms with Crippen LogP contribution < -0.4 is 4.72 Å². The fourth-order valence-electron chi connectivity index (χ4n) is 5.47. The van der Waals surface area contributed by atoms with Crippen LogP contribution in [0.5, 0.6) is 11.5 Å². The maximum absolute atomic E-state index is 13.7. The van der Waals surface area contributed by atoms with Gasteiger partial charge in [0.05, 0.1) is 17.5 Å². The molecular weight excluding hydrogens is 514 g/mol. The van der Waals surface area contributed by atoms with Crippen LogP contribution in [0.4, 0.5) is 0 Å². The lowest BCUT2D eigenvalue weighted by Gasteiger charge is -2.32. The molecule has 0 spiro atoms. The third-order valence-electron chi connectivity index (χ3n) is 7.40. The van der Waals surface area contributed by atoms with E-state index in [-0.39, 0.29) is 34.1 Å². The number of amides is 1. The molecule has 0 radical (unpaired) electrons. The normalized spacial score (nSPS) is 17.7. The van der Waals surface area contributed by atoms with Gasteiger partial charge in [0.2, 0.25) is 5.91 Å². The van der Waals surface area contributed by atoms with Gasteiger partial charge in [0.1, 0.15) is 22.2 Å². The number of nitrogens with zero attached hydrogens (tertiary/aromatic N) is 1. The molecule has 3 aromatic rings. The van der Waals surface area contributed by atoms with Gasteiger partial charge in [-0.1, -0.05) is 55.7 Å². The molecule has 4 rings (SSSR count). The molecule has 1 aliphatic carbocycles. The third kappa shape index (κ3) is 6.19. The molecule has 0 bridgehead atoms. The topological polar surface area (TPSA) is 132 Å². The Morgan fingerprint density at radius 2 is 1.97 bits per heavy atom. The first-order valence-corrected chi connectivity index (χ1v) is 14.9. The van der Waals surface area contributed by atoms with Gasteiger partial charge in [-0.3, -0.25) is 4.79 Å². The lowest BCUT2D eigenvalue weighted by atomic mass is 9.73. The fraction of sp³-hybridized carbons (Fsp3) is 0.400.